The Morgan fingerprint density at radius 2 is 1.67 bits per heavy atom. The van der Waals surface area contributed by atoms with Gasteiger partial charge in [0.1, 0.15) is 4.90 Å². The van der Waals surface area contributed by atoms with Crippen molar-refractivity contribution in [2.75, 3.05) is 0 Å². The minimum absolute atomic E-state index is 0.0694. The molecule has 18 heavy (non-hydrogen) atoms. The smallest absolute Gasteiger partial charge is 0.282 e. The number of fused-ring (bicyclic) bond motifs is 1. The van der Waals surface area contributed by atoms with E-state index in [0.717, 1.165) is 17.4 Å². The molecule has 2 aromatic carbocycles. The molecule has 2 rings (SSSR count). The maximum Gasteiger partial charge on any atom is 0.295 e. The van der Waals surface area contributed by atoms with Crippen LogP contribution in [0.4, 0.5) is 0 Å². The number of aryl methyl sites for hydroxylation is 2. The predicted molar refractivity (Wildman–Crippen MR) is 72.5 cm³/mol. The Labute approximate surface area is 107 Å². The summed E-state index contributed by atoms with van der Waals surface area (Å²) in [6, 6.07) is 9.34. The molecule has 0 aliphatic heterocycles. The van der Waals surface area contributed by atoms with Crippen LogP contribution in [0.2, 0.25) is 0 Å². The molecule has 0 radical (unpaired) electrons. The third-order valence-electron chi connectivity index (χ3n) is 3.19. The Morgan fingerprint density at radius 3 is 2.22 bits per heavy atom. The molecule has 4 heteroatoms. The molecule has 0 unspecified atom stereocenters. The second-order valence-corrected chi connectivity index (χ2v) is 5.61. The molecular weight excluding hydrogens is 248 g/mol. The van der Waals surface area contributed by atoms with E-state index >= 15 is 0 Å². The Bertz CT molecular complexity index is 687. The van der Waals surface area contributed by atoms with E-state index in [2.05, 4.69) is 0 Å². The standard InChI is InChI=1S/C14H16O3S/c1-3-10-6-5-7-12-9-8-11(4-2)14(13(10)12)18(15,16)17/h5-9H,3-4H2,1-2H3,(H,15,16,17). The molecule has 0 bridgehead atoms. The fourth-order valence-electron chi connectivity index (χ4n) is 2.33. The quantitative estimate of drug-likeness (QED) is 0.866. The number of hydrogen-bond acceptors (Lipinski definition) is 2. The highest BCUT2D eigenvalue weighted by molar-refractivity contribution is 7.86. The van der Waals surface area contributed by atoms with Gasteiger partial charge in [0.25, 0.3) is 10.1 Å². The van der Waals surface area contributed by atoms with Crippen molar-refractivity contribution in [1.29, 1.82) is 0 Å². The lowest BCUT2D eigenvalue weighted by Crippen LogP contribution is -2.05. The highest BCUT2D eigenvalue weighted by Crippen LogP contribution is 2.30. The molecule has 0 atom stereocenters. The molecule has 0 saturated carbocycles. The molecule has 0 heterocycles. The van der Waals surface area contributed by atoms with Crippen molar-refractivity contribution in [3.05, 3.63) is 41.5 Å². The number of hydrogen-bond donors (Lipinski definition) is 1. The Kier molecular flexibility index (Phi) is 3.41. The number of benzene rings is 2. The van der Waals surface area contributed by atoms with E-state index < -0.39 is 10.1 Å². The van der Waals surface area contributed by atoms with Crippen LogP contribution in [0.3, 0.4) is 0 Å². The van der Waals surface area contributed by atoms with Gasteiger partial charge >= 0.3 is 0 Å². The van der Waals surface area contributed by atoms with Gasteiger partial charge < -0.3 is 0 Å². The van der Waals surface area contributed by atoms with Gasteiger partial charge in [0.2, 0.25) is 0 Å². The molecule has 0 aliphatic rings. The SMILES string of the molecule is CCc1ccc2cccc(CC)c2c1S(=O)(=O)O. The second kappa shape index (κ2) is 4.71. The Balaban J connectivity index is 3.02. The fourth-order valence-corrected chi connectivity index (χ4v) is 3.38. The van der Waals surface area contributed by atoms with E-state index in [1.54, 1.807) is 6.07 Å². The van der Waals surface area contributed by atoms with Crippen molar-refractivity contribution in [1.82, 2.24) is 0 Å². The molecule has 0 amide bonds. The lowest BCUT2D eigenvalue weighted by atomic mass is 9.99. The summed E-state index contributed by atoms with van der Waals surface area (Å²) in [6.07, 6.45) is 1.30. The lowest BCUT2D eigenvalue weighted by molar-refractivity contribution is 0.483. The van der Waals surface area contributed by atoms with Crippen LogP contribution >= 0.6 is 0 Å². The van der Waals surface area contributed by atoms with Crippen LogP contribution in [0.15, 0.2) is 35.2 Å². The van der Waals surface area contributed by atoms with Crippen molar-refractivity contribution in [2.24, 2.45) is 0 Å². The summed E-state index contributed by atoms with van der Waals surface area (Å²) >= 11 is 0. The second-order valence-electron chi connectivity index (χ2n) is 4.25. The van der Waals surface area contributed by atoms with E-state index in [4.69, 9.17) is 0 Å². The first-order valence-electron chi connectivity index (χ1n) is 6.00. The normalized spacial score (nSPS) is 11.9. The van der Waals surface area contributed by atoms with E-state index in [-0.39, 0.29) is 4.90 Å². The van der Waals surface area contributed by atoms with E-state index in [9.17, 15) is 13.0 Å². The van der Waals surface area contributed by atoms with Gasteiger partial charge in [0.15, 0.2) is 0 Å². The molecule has 2 aromatic rings. The molecule has 3 nitrogen and oxygen atoms in total. The number of rotatable bonds is 3. The fraction of sp³-hybridized carbons (Fsp3) is 0.286. The van der Waals surface area contributed by atoms with Crippen LogP contribution in [0.1, 0.15) is 25.0 Å². The summed E-state index contributed by atoms with van der Waals surface area (Å²) < 4.78 is 32.8. The largest absolute Gasteiger partial charge is 0.295 e. The average Bonchev–Trinajstić information content (AvgIpc) is 2.35. The van der Waals surface area contributed by atoms with Crippen LogP contribution < -0.4 is 0 Å². The third-order valence-corrected chi connectivity index (χ3v) is 4.17. The minimum Gasteiger partial charge on any atom is -0.282 e. The van der Waals surface area contributed by atoms with Crippen LogP contribution in [-0.2, 0) is 23.0 Å². The summed E-state index contributed by atoms with van der Waals surface area (Å²) in [5.74, 6) is 0. The molecule has 96 valence electrons. The van der Waals surface area contributed by atoms with Crippen LogP contribution in [0, 0.1) is 0 Å². The maximum absolute atomic E-state index is 11.7. The third kappa shape index (κ3) is 2.13. The van der Waals surface area contributed by atoms with Crippen LogP contribution in [-0.4, -0.2) is 13.0 Å². The molecule has 0 fully saturated rings. The average molecular weight is 264 g/mol. The first-order chi connectivity index (χ1) is 8.49. The van der Waals surface area contributed by atoms with Crippen molar-refractivity contribution in [2.45, 2.75) is 31.6 Å². The van der Waals surface area contributed by atoms with E-state index in [0.29, 0.717) is 17.4 Å². The molecule has 0 aliphatic carbocycles. The van der Waals surface area contributed by atoms with Gasteiger partial charge in [0, 0.05) is 5.39 Å². The summed E-state index contributed by atoms with van der Waals surface area (Å²) in [7, 11) is -4.20. The Hall–Kier alpha value is -1.39. The van der Waals surface area contributed by atoms with E-state index in [1.807, 2.05) is 38.1 Å². The minimum atomic E-state index is -4.20. The van der Waals surface area contributed by atoms with Crippen LogP contribution in [0.25, 0.3) is 10.8 Å². The monoisotopic (exact) mass is 264 g/mol. The van der Waals surface area contributed by atoms with Crippen molar-refractivity contribution in [3.8, 4) is 0 Å². The van der Waals surface area contributed by atoms with Gasteiger partial charge in [-0.25, -0.2) is 0 Å². The van der Waals surface area contributed by atoms with Gasteiger partial charge in [-0.15, -0.1) is 0 Å². The molecule has 0 aromatic heterocycles. The zero-order chi connectivity index (χ0) is 13.3. The van der Waals surface area contributed by atoms with Crippen molar-refractivity contribution >= 4 is 20.9 Å². The Morgan fingerprint density at radius 1 is 1.00 bits per heavy atom. The summed E-state index contributed by atoms with van der Waals surface area (Å²) in [5.41, 5.74) is 1.60. The van der Waals surface area contributed by atoms with Gasteiger partial charge in [-0.3, -0.25) is 4.55 Å². The first kappa shape index (κ1) is 13.1. The molecule has 1 N–H and O–H groups in total. The summed E-state index contributed by atoms with van der Waals surface area (Å²) in [4.78, 5) is 0.0694. The van der Waals surface area contributed by atoms with Gasteiger partial charge in [0.05, 0.1) is 0 Å². The van der Waals surface area contributed by atoms with Crippen LogP contribution in [0.5, 0.6) is 0 Å². The molecule has 0 saturated heterocycles. The topological polar surface area (TPSA) is 54.4 Å². The summed E-state index contributed by atoms with van der Waals surface area (Å²) in [5, 5.41) is 1.50. The van der Waals surface area contributed by atoms with E-state index in [1.165, 1.54) is 0 Å². The first-order valence-corrected chi connectivity index (χ1v) is 7.44. The zero-order valence-electron chi connectivity index (χ0n) is 10.5. The maximum atomic E-state index is 11.7. The van der Waals surface area contributed by atoms with Gasteiger partial charge in [-0.05, 0) is 29.4 Å². The van der Waals surface area contributed by atoms with Crippen molar-refractivity contribution in [3.63, 3.8) is 0 Å². The zero-order valence-corrected chi connectivity index (χ0v) is 11.3. The molecule has 0 spiro atoms. The highest BCUT2D eigenvalue weighted by atomic mass is 32.2. The molecular formula is C14H16O3S. The highest BCUT2D eigenvalue weighted by Gasteiger charge is 2.19. The van der Waals surface area contributed by atoms with Gasteiger partial charge in [-0.2, -0.15) is 8.42 Å². The lowest BCUT2D eigenvalue weighted by Gasteiger charge is -2.12. The van der Waals surface area contributed by atoms with Crippen molar-refractivity contribution < 1.29 is 13.0 Å². The van der Waals surface area contributed by atoms with Gasteiger partial charge in [-0.1, -0.05) is 44.2 Å². The summed E-state index contributed by atoms with van der Waals surface area (Å²) in [6.45, 7) is 3.85. The predicted octanol–water partition coefficient (Wildman–Crippen LogP) is 3.21.